The van der Waals surface area contributed by atoms with Crippen LogP contribution in [0.3, 0.4) is 0 Å². The van der Waals surface area contributed by atoms with Crippen molar-refractivity contribution in [3.05, 3.63) is 51.6 Å². The van der Waals surface area contributed by atoms with Crippen molar-refractivity contribution in [2.24, 2.45) is 0 Å². The Bertz CT molecular complexity index is 614. The van der Waals surface area contributed by atoms with E-state index in [2.05, 4.69) is 67.0 Å². The highest BCUT2D eigenvalue weighted by Crippen LogP contribution is 2.20. The van der Waals surface area contributed by atoms with Gasteiger partial charge in [-0.05, 0) is 72.2 Å². The van der Waals surface area contributed by atoms with E-state index in [9.17, 15) is 0 Å². The fraction of sp³-hybridized carbons (Fsp3) is 0.412. The number of piperidine rings is 1. The summed E-state index contributed by atoms with van der Waals surface area (Å²) in [5.74, 6) is 0. The summed E-state index contributed by atoms with van der Waals surface area (Å²) in [4.78, 5) is 11.1. The number of nitrogens with one attached hydrogen (secondary N) is 1. The zero-order valence-electron chi connectivity index (χ0n) is 12.8. The largest absolute Gasteiger partial charge is 0.369 e. The number of pyridine rings is 2. The molecule has 116 valence electrons. The van der Waals surface area contributed by atoms with Crippen LogP contribution in [0.4, 0.5) is 5.69 Å². The molecule has 2 aromatic rings. The van der Waals surface area contributed by atoms with E-state index in [1.807, 2.05) is 19.3 Å². The van der Waals surface area contributed by atoms with Crippen molar-refractivity contribution in [3.8, 4) is 0 Å². The highest BCUT2D eigenvalue weighted by atomic mass is 127. The van der Waals surface area contributed by atoms with Crippen molar-refractivity contribution in [2.75, 3.05) is 18.0 Å². The maximum atomic E-state index is 4.40. The Kier molecular flexibility index (Phi) is 5.25. The topological polar surface area (TPSA) is 41.0 Å². The third kappa shape index (κ3) is 4.16. The van der Waals surface area contributed by atoms with Crippen molar-refractivity contribution in [2.45, 2.75) is 32.4 Å². The summed E-state index contributed by atoms with van der Waals surface area (Å²) in [5, 5.41) is 3.68. The van der Waals surface area contributed by atoms with Crippen molar-refractivity contribution >= 4 is 28.3 Å². The number of hydrogen-bond donors (Lipinski definition) is 1. The first-order chi connectivity index (χ1) is 10.7. The molecule has 1 unspecified atom stereocenters. The van der Waals surface area contributed by atoms with E-state index in [4.69, 9.17) is 0 Å². The zero-order chi connectivity index (χ0) is 15.4. The Morgan fingerprint density at radius 3 is 3.00 bits per heavy atom. The van der Waals surface area contributed by atoms with Crippen molar-refractivity contribution in [3.63, 3.8) is 0 Å². The molecule has 2 aromatic heterocycles. The Labute approximate surface area is 145 Å². The van der Waals surface area contributed by atoms with Crippen LogP contribution in [0.15, 0.2) is 36.7 Å². The lowest BCUT2D eigenvalue weighted by atomic mass is 10.0. The van der Waals surface area contributed by atoms with Crippen LogP contribution in [0.25, 0.3) is 0 Å². The first kappa shape index (κ1) is 15.7. The summed E-state index contributed by atoms with van der Waals surface area (Å²) < 4.78 is 1.04. The molecule has 1 saturated heterocycles. The van der Waals surface area contributed by atoms with Gasteiger partial charge in [0.25, 0.3) is 0 Å². The normalized spacial score (nSPS) is 18.5. The molecule has 1 N–H and O–H groups in total. The zero-order valence-corrected chi connectivity index (χ0v) is 15.0. The second-order valence-corrected chi connectivity index (χ2v) is 6.92. The number of hydrogen-bond acceptors (Lipinski definition) is 4. The van der Waals surface area contributed by atoms with Gasteiger partial charge in [-0.25, -0.2) is 4.98 Å². The maximum Gasteiger partial charge on any atom is 0.101 e. The number of nitrogens with zero attached hydrogens (tertiary/aromatic N) is 3. The average Bonchev–Trinajstić information content (AvgIpc) is 2.54. The number of rotatable bonds is 4. The molecule has 1 aliphatic heterocycles. The van der Waals surface area contributed by atoms with Crippen LogP contribution in [-0.2, 0) is 6.54 Å². The monoisotopic (exact) mass is 408 g/mol. The standard InChI is InChI=1S/C17H21IN4/c1-13-9-14(6-7-19-13)10-20-15-3-2-8-22(12-15)16-4-5-17(18)21-11-16/h4-7,9,11,15,20H,2-3,8,10,12H2,1H3. The van der Waals surface area contributed by atoms with Crippen LogP contribution in [0.2, 0.25) is 0 Å². The number of halogens is 1. The number of anilines is 1. The van der Waals surface area contributed by atoms with E-state index in [-0.39, 0.29) is 0 Å². The molecule has 3 heterocycles. The van der Waals surface area contributed by atoms with Gasteiger partial charge in [-0.15, -0.1) is 0 Å². The highest BCUT2D eigenvalue weighted by molar-refractivity contribution is 14.1. The molecule has 5 heteroatoms. The predicted octanol–water partition coefficient (Wildman–Crippen LogP) is 3.15. The van der Waals surface area contributed by atoms with Gasteiger partial charge in [0, 0.05) is 37.6 Å². The Morgan fingerprint density at radius 1 is 1.32 bits per heavy atom. The second-order valence-electron chi connectivity index (χ2n) is 5.81. The van der Waals surface area contributed by atoms with Gasteiger partial charge in [-0.2, -0.15) is 0 Å². The minimum Gasteiger partial charge on any atom is -0.369 e. The predicted molar refractivity (Wildman–Crippen MR) is 98.0 cm³/mol. The molecule has 0 spiro atoms. The molecule has 0 radical (unpaired) electrons. The van der Waals surface area contributed by atoms with Crippen LogP contribution in [0, 0.1) is 10.6 Å². The molecule has 1 fully saturated rings. The molecule has 1 atom stereocenters. The molecule has 0 bridgehead atoms. The Hall–Kier alpha value is -1.21. The van der Waals surface area contributed by atoms with E-state index in [0.717, 1.165) is 29.0 Å². The van der Waals surface area contributed by atoms with Crippen LogP contribution >= 0.6 is 22.6 Å². The van der Waals surface area contributed by atoms with E-state index < -0.39 is 0 Å². The van der Waals surface area contributed by atoms with Crippen LogP contribution < -0.4 is 10.2 Å². The Morgan fingerprint density at radius 2 is 2.23 bits per heavy atom. The molecule has 4 nitrogen and oxygen atoms in total. The van der Waals surface area contributed by atoms with Crippen molar-refractivity contribution < 1.29 is 0 Å². The summed E-state index contributed by atoms with van der Waals surface area (Å²) in [6.45, 7) is 5.11. The fourth-order valence-corrected chi connectivity index (χ4v) is 3.23. The summed E-state index contributed by atoms with van der Waals surface area (Å²) in [6, 6.07) is 9.01. The van der Waals surface area contributed by atoms with E-state index in [1.165, 1.54) is 24.1 Å². The number of aromatic nitrogens is 2. The second kappa shape index (κ2) is 7.37. The molecule has 1 aliphatic rings. The molecular formula is C17H21IN4. The highest BCUT2D eigenvalue weighted by Gasteiger charge is 2.19. The van der Waals surface area contributed by atoms with Crippen LogP contribution in [-0.4, -0.2) is 29.1 Å². The van der Waals surface area contributed by atoms with Gasteiger partial charge < -0.3 is 10.2 Å². The molecule has 0 amide bonds. The van der Waals surface area contributed by atoms with Gasteiger partial charge in [0.15, 0.2) is 0 Å². The van der Waals surface area contributed by atoms with E-state index in [0.29, 0.717) is 6.04 Å². The molecular weight excluding hydrogens is 387 g/mol. The van der Waals surface area contributed by atoms with Gasteiger partial charge in [0.2, 0.25) is 0 Å². The smallest absolute Gasteiger partial charge is 0.101 e. The van der Waals surface area contributed by atoms with Gasteiger partial charge in [0.05, 0.1) is 11.9 Å². The van der Waals surface area contributed by atoms with Gasteiger partial charge in [-0.3, -0.25) is 4.98 Å². The SMILES string of the molecule is Cc1cc(CNC2CCCN(c3ccc(I)nc3)C2)ccn1. The van der Waals surface area contributed by atoms with Gasteiger partial charge in [-0.1, -0.05) is 0 Å². The average molecular weight is 408 g/mol. The van der Waals surface area contributed by atoms with Crippen molar-refractivity contribution in [1.29, 1.82) is 0 Å². The summed E-state index contributed by atoms with van der Waals surface area (Å²) in [5.41, 5.74) is 3.61. The molecule has 0 aliphatic carbocycles. The quantitative estimate of drug-likeness (QED) is 0.624. The molecule has 0 saturated carbocycles. The van der Waals surface area contributed by atoms with Gasteiger partial charge >= 0.3 is 0 Å². The lowest BCUT2D eigenvalue weighted by molar-refractivity contribution is 0.421. The van der Waals surface area contributed by atoms with Crippen molar-refractivity contribution in [1.82, 2.24) is 15.3 Å². The maximum absolute atomic E-state index is 4.40. The molecule has 22 heavy (non-hydrogen) atoms. The van der Waals surface area contributed by atoms with E-state index >= 15 is 0 Å². The molecule has 0 aromatic carbocycles. The fourth-order valence-electron chi connectivity index (χ4n) is 2.91. The van der Waals surface area contributed by atoms with Crippen LogP contribution in [0.5, 0.6) is 0 Å². The molecule has 3 rings (SSSR count). The van der Waals surface area contributed by atoms with Crippen LogP contribution in [0.1, 0.15) is 24.1 Å². The minimum atomic E-state index is 0.529. The lowest BCUT2D eigenvalue weighted by Crippen LogP contribution is -2.45. The third-order valence-electron chi connectivity index (χ3n) is 4.05. The first-order valence-corrected chi connectivity index (χ1v) is 8.80. The lowest BCUT2D eigenvalue weighted by Gasteiger charge is -2.34. The first-order valence-electron chi connectivity index (χ1n) is 7.72. The summed E-state index contributed by atoms with van der Waals surface area (Å²) >= 11 is 2.25. The third-order valence-corrected chi connectivity index (χ3v) is 4.69. The summed E-state index contributed by atoms with van der Waals surface area (Å²) in [6.07, 6.45) is 6.32. The number of aryl methyl sites for hydroxylation is 1. The Balaban J connectivity index is 1.57. The van der Waals surface area contributed by atoms with Gasteiger partial charge in [0.1, 0.15) is 3.70 Å². The van der Waals surface area contributed by atoms with E-state index in [1.54, 1.807) is 0 Å². The summed E-state index contributed by atoms with van der Waals surface area (Å²) in [7, 11) is 0. The minimum absolute atomic E-state index is 0.529.